The highest BCUT2D eigenvalue weighted by molar-refractivity contribution is 5.99. The monoisotopic (exact) mass is 283 g/mol. The summed E-state index contributed by atoms with van der Waals surface area (Å²) in [4.78, 5) is 34.0. The topological polar surface area (TPSA) is 142 Å². The first kappa shape index (κ1) is 15.5. The molecule has 1 atom stereocenters. The maximum absolute atomic E-state index is 12.0. The minimum Gasteiger partial charge on any atom is -0.448 e. The summed E-state index contributed by atoms with van der Waals surface area (Å²) in [5.74, 6) is -1.61. The number of aryl methyl sites for hydroxylation is 2. The normalized spacial score (nSPS) is 11.8. The molecule has 9 nitrogen and oxygen atoms in total. The lowest BCUT2D eigenvalue weighted by atomic mass is 10.3. The Morgan fingerprint density at radius 3 is 2.55 bits per heavy atom. The molecule has 3 amide bonds. The molecule has 0 fully saturated rings. The number of nitrogen functional groups attached to an aromatic ring is 1. The minimum atomic E-state index is -1.19. The molecule has 0 radical (unpaired) electrons. The van der Waals surface area contributed by atoms with E-state index in [9.17, 15) is 14.4 Å². The van der Waals surface area contributed by atoms with Crippen molar-refractivity contribution >= 4 is 23.6 Å². The van der Waals surface area contributed by atoms with E-state index in [0.29, 0.717) is 12.2 Å². The van der Waals surface area contributed by atoms with Crippen molar-refractivity contribution in [2.24, 2.45) is 5.73 Å². The molecule has 0 aliphatic carbocycles. The van der Waals surface area contributed by atoms with Crippen molar-refractivity contribution < 1.29 is 19.1 Å². The van der Waals surface area contributed by atoms with Gasteiger partial charge in [0.2, 0.25) is 0 Å². The van der Waals surface area contributed by atoms with Gasteiger partial charge < -0.3 is 16.2 Å². The Morgan fingerprint density at radius 1 is 1.45 bits per heavy atom. The van der Waals surface area contributed by atoms with E-state index in [1.165, 1.54) is 11.6 Å². The summed E-state index contributed by atoms with van der Waals surface area (Å²) in [6, 6.07) is -1.02. The number of hydrogen-bond donors (Lipinski definition) is 3. The number of carbonyl (C=O) groups is 3. The van der Waals surface area contributed by atoms with Gasteiger partial charge in [-0.15, -0.1) is 0 Å². The number of aromatic nitrogens is 2. The fourth-order valence-electron chi connectivity index (χ4n) is 1.53. The van der Waals surface area contributed by atoms with Crippen LogP contribution < -0.4 is 16.8 Å². The standard InChI is InChI=1S/C11H17N5O4/c1-4-16-8(7(12)5(2)15-16)10(18)20-6(3)9(17)14-11(13)19/h6H,4,12H2,1-3H3,(H3,13,14,17,19). The lowest BCUT2D eigenvalue weighted by molar-refractivity contribution is -0.127. The molecule has 0 aromatic carbocycles. The SMILES string of the molecule is CCn1nc(C)c(N)c1C(=O)OC(C)C(=O)NC(N)=O. The number of nitrogens with one attached hydrogen (secondary N) is 1. The molecule has 5 N–H and O–H groups in total. The Bertz CT molecular complexity index is 551. The zero-order valence-electron chi connectivity index (χ0n) is 11.5. The number of nitrogens with two attached hydrogens (primary N) is 2. The molecule has 0 aliphatic heterocycles. The van der Waals surface area contributed by atoms with Crippen LogP contribution in [0.4, 0.5) is 10.5 Å². The zero-order valence-corrected chi connectivity index (χ0v) is 11.5. The molecule has 0 spiro atoms. The van der Waals surface area contributed by atoms with Gasteiger partial charge in [0.25, 0.3) is 5.91 Å². The summed E-state index contributed by atoms with van der Waals surface area (Å²) in [6.07, 6.45) is -1.19. The average molecular weight is 283 g/mol. The summed E-state index contributed by atoms with van der Waals surface area (Å²) in [7, 11) is 0. The number of esters is 1. The lowest BCUT2D eigenvalue weighted by Gasteiger charge is -2.12. The molecule has 1 heterocycles. The molecule has 1 unspecified atom stereocenters. The Labute approximate surface area is 115 Å². The van der Waals surface area contributed by atoms with Crippen molar-refractivity contribution in [2.45, 2.75) is 33.4 Å². The van der Waals surface area contributed by atoms with Gasteiger partial charge in [-0.25, -0.2) is 9.59 Å². The molecule has 110 valence electrons. The number of primary amides is 1. The van der Waals surface area contributed by atoms with Crippen molar-refractivity contribution in [3.63, 3.8) is 0 Å². The summed E-state index contributed by atoms with van der Waals surface area (Å²) >= 11 is 0. The Hall–Kier alpha value is -2.58. The number of nitrogens with zero attached hydrogens (tertiary/aromatic N) is 2. The van der Waals surface area contributed by atoms with Crippen molar-refractivity contribution in [1.82, 2.24) is 15.1 Å². The minimum absolute atomic E-state index is 0.0729. The number of amides is 3. The second-order valence-corrected chi connectivity index (χ2v) is 4.06. The van der Waals surface area contributed by atoms with Crippen molar-refractivity contribution in [1.29, 1.82) is 0 Å². The van der Waals surface area contributed by atoms with Crippen LogP contribution in [0, 0.1) is 6.92 Å². The van der Waals surface area contributed by atoms with Gasteiger partial charge in [-0.2, -0.15) is 5.10 Å². The van der Waals surface area contributed by atoms with Gasteiger partial charge >= 0.3 is 12.0 Å². The molecular weight excluding hydrogens is 266 g/mol. The average Bonchev–Trinajstić information content (AvgIpc) is 2.64. The molecule has 1 aromatic rings. The van der Waals surface area contributed by atoms with Gasteiger partial charge in [-0.3, -0.25) is 14.8 Å². The third-order valence-corrected chi connectivity index (χ3v) is 2.57. The van der Waals surface area contributed by atoms with Crippen LogP contribution in [-0.4, -0.2) is 33.8 Å². The molecule has 20 heavy (non-hydrogen) atoms. The molecule has 9 heteroatoms. The van der Waals surface area contributed by atoms with Crippen molar-refractivity contribution in [2.75, 3.05) is 5.73 Å². The van der Waals surface area contributed by atoms with Crippen LogP contribution in [0.1, 0.15) is 30.0 Å². The highest BCUT2D eigenvalue weighted by atomic mass is 16.5. The van der Waals surface area contributed by atoms with E-state index in [1.54, 1.807) is 13.8 Å². The van der Waals surface area contributed by atoms with Gasteiger partial charge in [-0.05, 0) is 20.8 Å². The van der Waals surface area contributed by atoms with Crippen LogP contribution in [-0.2, 0) is 16.1 Å². The maximum Gasteiger partial charge on any atom is 0.359 e. The molecule has 0 saturated heterocycles. The fourth-order valence-corrected chi connectivity index (χ4v) is 1.53. The van der Waals surface area contributed by atoms with Gasteiger partial charge in [-0.1, -0.05) is 0 Å². The predicted molar refractivity (Wildman–Crippen MR) is 69.7 cm³/mol. The smallest absolute Gasteiger partial charge is 0.359 e. The van der Waals surface area contributed by atoms with Crippen molar-refractivity contribution in [3.05, 3.63) is 11.4 Å². The molecule has 0 saturated carbocycles. The van der Waals surface area contributed by atoms with E-state index in [1.807, 2.05) is 5.32 Å². The van der Waals surface area contributed by atoms with E-state index in [4.69, 9.17) is 16.2 Å². The number of imide groups is 1. The van der Waals surface area contributed by atoms with Crippen LogP contribution in [0.25, 0.3) is 0 Å². The Balaban J connectivity index is 2.86. The van der Waals surface area contributed by atoms with Gasteiger partial charge in [0, 0.05) is 6.54 Å². The number of anilines is 1. The van der Waals surface area contributed by atoms with Crippen molar-refractivity contribution in [3.8, 4) is 0 Å². The molecule has 0 bridgehead atoms. The first-order chi connectivity index (χ1) is 9.27. The first-order valence-corrected chi connectivity index (χ1v) is 5.92. The summed E-state index contributed by atoms with van der Waals surface area (Å²) in [6.45, 7) is 5.17. The number of ether oxygens (including phenoxy) is 1. The highest BCUT2D eigenvalue weighted by Crippen LogP contribution is 2.18. The predicted octanol–water partition coefficient (Wildman–Crippen LogP) is -0.466. The number of rotatable bonds is 4. The fraction of sp³-hybridized carbons (Fsp3) is 0.455. The van der Waals surface area contributed by atoms with E-state index < -0.39 is 24.0 Å². The van der Waals surface area contributed by atoms with Gasteiger partial charge in [0.05, 0.1) is 11.4 Å². The van der Waals surface area contributed by atoms with Crippen LogP contribution in [0.2, 0.25) is 0 Å². The molecule has 1 aromatic heterocycles. The second-order valence-electron chi connectivity index (χ2n) is 4.06. The van der Waals surface area contributed by atoms with Crippen LogP contribution in [0.3, 0.4) is 0 Å². The summed E-state index contributed by atoms with van der Waals surface area (Å²) in [5.41, 5.74) is 11.3. The molecule has 1 rings (SSSR count). The molecule has 0 aliphatic rings. The van der Waals surface area contributed by atoms with E-state index in [0.717, 1.165) is 0 Å². The van der Waals surface area contributed by atoms with E-state index >= 15 is 0 Å². The second kappa shape index (κ2) is 6.04. The number of urea groups is 1. The van der Waals surface area contributed by atoms with Crippen LogP contribution >= 0.6 is 0 Å². The Morgan fingerprint density at radius 2 is 2.05 bits per heavy atom. The first-order valence-electron chi connectivity index (χ1n) is 5.92. The lowest BCUT2D eigenvalue weighted by Crippen LogP contribution is -2.42. The quantitative estimate of drug-likeness (QED) is 0.638. The maximum atomic E-state index is 12.0. The summed E-state index contributed by atoms with van der Waals surface area (Å²) < 4.78 is 6.32. The Kier molecular flexibility index (Phi) is 4.68. The van der Waals surface area contributed by atoms with Gasteiger partial charge in [0.1, 0.15) is 0 Å². The van der Waals surface area contributed by atoms with E-state index in [-0.39, 0.29) is 11.4 Å². The van der Waals surface area contributed by atoms with E-state index in [2.05, 4.69) is 5.10 Å². The van der Waals surface area contributed by atoms with Crippen LogP contribution in [0.5, 0.6) is 0 Å². The number of hydrogen-bond acceptors (Lipinski definition) is 6. The highest BCUT2D eigenvalue weighted by Gasteiger charge is 2.25. The van der Waals surface area contributed by atoms with Crippen LogP contribution in [0.15, 0.2) is 0 Å². The summed E-state index contributed by atoms with van der Waals surface area (Å²) in [5, 5.41) is 5.88. The van der Waals surface area contributed by atoms with Gasteiger partial charge in [0.15, 0.2) is 11.8 Å². The third-order valence-electron chi connectivity index (χ3n) is 2.57. The number of carbonyl (C=O) groups excluding carboxylic acids is 3. The largest absolute Gasteiger partial charge is 0.448 e. The zero-order chi connectivity index (χ0) is 15.4. The molecular formula is C11H17N5O4. The third kappa shape index (κ3) is 3.25.